The van der Waals surface area contributed by atoms with Crippen LogP contribution < -0.4 is 4.74 Å². The van der Waals surface area contributed by atoms with E-state index < -0.39 is 0 Å². The molecule has 4 rings (SSSR count). The van der Waals surface area contributed by atoms with E-state index in [1.807, 2.05) is 52.8 Å². The number of carbonyl (C=O) groups excluding carboxylic acids is 1. The summed E-state index contributed by atoms with van der Waals surface area (Å²) in [5.74, 6) is 2.06. The van der Waals surface area contributed by atoms with Gasteiger partial charge in [-0.05, 0) is 57.0 Å². The van der Waals surface area contributed by atoms with Gasteiger partial charge in [-0.15, -0.1) is 10.2 Å². The molecule has 1 amide bonds. The number of carbonyl (C=O) groups is 1. The van der Waals surface area contributed by atoms with E-state index in [0.717, 1.165) is 47.8 Å². The second kappa shape index (κ2) is 8.92. The molecule has 0 N–H and O–H groups in total. The molecular formula is C23H26N4O2S. The molecule has 0 aliphatic heterocycles. The maximum atomic E-state index is 12.7. The lowest BCUT2D eigenvalue weighted by molar-refractivity contribution is -0.128. The number of benzene rings is 2. The molecule has 0 radical (unpaired) electrons. The molecule has 7 heteroatoms. The molecule has 0 bridgehead atoms. The van der Waals surface area contributed by atoms with Crippen LogP contribution in [0.4, 0.5) is 0 Å². The van der Waals surface area contributed by atoms with Crippen LogP contribution in [0.5, 0.6) is 5.75 Å². The molecule has 1 fully saturated rings. The topological polar surface area (TPSA) is 60.2 Å². The predicted octanol–water partition coefficient (Wildman–Crippen LogP) is 4.35. The highest BCUT2D eigenvalue weighted by Gasteiger charge is 2.31. The lowest BCUT2D eigenvalue weighted by atomic mass is 10.1. The van der Waals surface area contributed by atoms with Gasteiger partial charge in [0, 0.05) is 23.8 Å². The number of aromatic nitrogens is 3. The van der Waals surface area contributed by atoms with Crippen molar-refractivity contribution in [1.82, 2.24) is 19.7 Å². The second-order valence-electron chi connectivity index (χ2n) is 7.41. The third kappa shape index (κ3) is 4.36. The van der Waals surface area contributed by atoms with Crippen LogP contribution in [0.3, 0.4) is 0 Å². The third-order valence-electron chi connectivity index (χ3n) is 5.21. The van der Waals surface area contributed by atoms with Crippen molar-refractivity contribution >= 4 is 17.7 Å². The van der Waals surface area contributed by atoms with Crippen LogP contribution >= 0.6 is 11.8 Å². The molecule has 1 aliphatic rings. The fraction of sp³-hybridized carbons (Fsp3) is 0.348. The highest BCUT2D eigenvalue weighted by molar-refractivity contribution is 7.99. The molecule has 2 aromatic carbocycles. The van der Waals surface area contributed by atoms with Gasteiger partial charge in [0.25, 0.3) is 0 Å². The molecule has 30 heavy (non-hydrogen) atoms. The first-order valence-electron chi connectivity index (χ1n) is 10.2. The Bertz CT molecular complexity index is 1030. The number of amides is 1. The van der Waals surface area contributed by atoms with Gasteiger partial charge >= 0.3 is 0 Å². The zero-order chi connectivity index (χ0) is 21.1. The normalized spacial score (nSPS) is 13.3. The molecule has 156 valence electrons. The number of rotatable bonds is 8. The third-order valence-corrected chi connectivity index (χ3v) is 6.13. The molecule has 1 heterocycles. The van der Waals surface area contributed by atoms with Crippen molar-refractivity contribution in [2.24, 2.45) is 0 Å². The number of ether oxygens (including phenoxy) is 1. The van der Waals surface area contributed by atoms with E-state index in [0.29, 0.717) is 17.0 Å². The summed E-state index contributed by atoms with van der Waals surface area (Å²) in [6.07, 6.45) is 2.23. The lowest BCUT2D eigenvalue weighted by Gasteiger charge is -2.20. The Morgan fingerprint density at radius 1 is 1.20 bits per heavy atom. The maximum Gasteiger partial charge on any atom is 0.233 e. The van der Waals surface area contributed by atoms with Gasteiger partial charge in [-0.2, -0.15) is 0 Å². The van der Waals surface area contributed by atoms with Crippen LogP contribution in [-0.4, -0.2) is 51.0 Å². The minimum Gasteiger partial charge on any atom is -0.497 e. The minimum absolute atomic E-state index is 0.159. The Morgan fingerprint density at radius 2 is 1.97 bits per heavy atom. The van der Waals surface area contributed by atoms with E-state index in [1.165, 1.54) is 11.8 Å². The number of hydrogen-bond donors (Lipinski definition) is 0. The van der Waals surface area contributed by atoms with E-state index in [1.54, 1.807) is 7.11 Å². The predicted molar refractivity (Wildman–Crippen MR) is 119 cm³/mol. The summed E-state index contributed by atoms with van der Waals surface area (Å²) in [6, 6.07) is 16.4. The first-order chi connectivity index (χ1) is 14.6. The standard InChI is InChI=1S/C23H26N4O2S/c1-4-26(18-8-9-18)21(28)15-30-23-25-24-22(17-7-5-6-16(2)14-17)27(23)19-10-12-20(29-3)13-11-19/h5-7,10-14,18H,4,8-9,15H2,1-3H3. The monoisotopic (exact) mass is 422 g/mol. The Balaban J connectivity index is 1.66. The van der Waals surface area contributed by atoms with Crippen molar-refractivity contribution in [3.05, 3.63) is 54.1 Å². The van der Waals surface area contributed by atoms with Crippen LogP contribution in [0.2, 0.25) is 0 Å². The zero-order valence-corrected chi connectivity index (χ0v) is 18.4. The quantitative estimate of drug-likeness (QED) is 0.505. The van der Waals surface area contributed by atoms with E-state index in [9.17, 15) is 4.79 Å². The van der Waals surface area contributed by atoms with Gasteiger partial charge < -0.3 is 9.64 Å². The number of nitrogens with zero attached hydrogens (tertiary/aromatic N) is 4. The first kappa shape index (κ1) is 20.5. The Hall–Kier alpha value is -2.80. The molecule has 0 unspecified atom stereocenters. The van der Waals surface area contributed by atoms with Crippen molar-refractivity contribution in [3.8, 4) is 22.8 Å². The smallest absolute Gasteiger partial charge is 0.233 e. The van der Waals surface area contributed by atoms with Crippen molar-refractivity contribution < 1.29 is 9.53 Å². The van der Waals surface area contributed by atoms with Crippen molar-refractivity contribution in [2.75, 3.05) is 19.4 Å². The van der Waals surface area contributed by atoms with Gasteiger partial charge in [0.2, 0.25) is 5.91 Å². The Labute approximate surface area is 181 Å². The van der Waals surface area contributed by atoms with E-state index in [-0.39, 0.29) is 5.91 Å². The highest BCUT2D eigenvalue weighted by Crippen LogP contribution is 2.31. The molecule has 0 atom stereocenters. The van der Waals surface area contributed by atoms with Crippen molar-refractivity contribution in [1.29, 1.82) is 0 Å². The fourth-order valence-corrected chi connectivity index (χ4v) is 4.37. The van der Waals surface area contributed by atoms with E-state index in [2.05, 4.69) is 29.3 Å². The van der Waals surface area contributed by atoms with E-state index >= 15 is 0 Å². The van der Waals surface area contributed by atoms with Gasteiger partial charge in [0.1, 0.15) is 5.75 Å². The minimum atomic E-state index is 0.159. The van der Waals surface area contributed by atoms with Crippen LogP contribution in [-0.2, 0) is 4.79 Å². The van der Waals surface area contributed by atoms with Gasteiger partial charge in [-0.25, -0.2) is 0 Å². The lowest BCUT2D eigenvalue weighted by Crippen LogP contribution is -2.34. The van der Waals surface area contributed by atoms with Crippen LogP contribution in [0.1, 0.15) is 25.3 Å². The summed E-state index contributed by atoms with van der Waals surface area (Å²) in [6.45, 7) is 4.85. The maximum absolute atomic E-state index is 12.7. The highest BCUT2D eigenvalue weighted by atomic mass is 32.2. The van der Waals surface area contributed by atoms with Gasteiger partial charge in [0.05, 0.1) is 12.9 Å². The van der Waals surface area contributed by atoms with Crippen LogP contribution in [0.25, 0.3) is 17.1 Å². The summed E-state index contributed by atoms with van der Waals surface area (Å²) >= 11 is 1.44. The van der Waals surface area contributed by atoms with Crippen molar-refractivity contribution in [3.63, 3.8) is 0 Å². The number of hydrogen-bond acceptors (Lipinski definition) is 5. The number of aryl methyl sites for hydroxylation is 1. The second-order valence-corrected chi connectivity index (χ2v) is 8.35. The molecule has 3 aromatic rings. The summed E-state index contributed by atoms with van der Waals surface area (Å²) < 4.78 is 7.31. The molecule has 0 spiro atoms. The first-order valence-corrected chi connectivity index (χ1v) is 11.2. The summed E-state index contributed by atoms with van der Waals surface area (Å²) in [7, 11) is 1.65. The fourth-order valence-electron chi connectivity index (χ4n) is 3.53. The molecular weight excluding hydrogens is 396 g/mol. The van der Waals surface area contributed by atoms with Gasteiger partial charge in [0.15, 0.2) is 11.0 Å². The Kier molecular flexibility index (Phi) is 6.08. The summed E-state index contributed by atoms with van der Waals surface area (Å²) in [4.78, 5) is 14.7. The molecule has 1 saturated carbocycles. The molecule has 1 aromatic heterocycles. The average molecular weight is 423 g/mol. The van der Waals surface area contributed by atoms with Crippen LogP contribution in [0, 0.1) is 6.92 Å². The number of thioether (sulfide) groups is 1. The van der Waals surface area contributed by atoms with Gasteiger partial charge in [-0.3, -0.25) is 9.36 Å². The van der Waals surface area contributed by atoms with Gasteiger partial charge in [-0.1, -0.05) is 35.5 Å². The summed E-state index contributed by atoms with van der Waals surface area (Å²) in [5, 5.41) is 9.61. The summed E-state index contributed by atoms with van der Waals surface area (Å²) in [5.41, 5.74) is 3.08. The zero-order valence-electron chi connectivity index (χ0n) is 17.5. The number of methoxy groups -OCH3 is 1. The molecule has 1 aliphatic carbocycles. The SMILES string of the molecule is CCN(C(=O)CSc1nnc(-c2cccc(C)c2)n1-c1ccc(OC)cc1)C1CC1. The Morgan fingerprint density at radius 3 is 2.60 bits per heavy atom. The molecule has 6 nitrogen and oxygen atoms in total. The van der Waals surface area contributed by atoms with E-state index in [4.69, 9.17) is 4.74 Å². The average Bonchev–Trinajstić information content (AvgIpc) is 3.50. The van der Waals surface area contributed by atoms with Crippen molar-refractivity contribution in [2.45, 2.75) is 37.9 Å². The van der Waals surface area contributed by atoms with Crippen LogP contribution in [0.15, 0.2) is 53.7 Å². The molecule has 0 saturated heterocycles. The largest absolute Gasteiger partial charge is 0.497 e.